The van der Waals surface area contributed by atoms with Crippen LogP contribution in [-0.4, -0.2) is 29.3 Å². The zero-order valence-corrected chi connectivity index (χ0v) is 12.0. The van der Waals surface area contributed by atoms with E-state index in [4.69, 9.17) is 0 Å². The number of benzene rings is 1. The molecular weight excluding hydrogens is 262 g/mol. The molecule has 0 amide bonds. The number of para-hydroxylation sites is 1. The van der Waals surface area contributed by atoms with Crippen LogP contribution in [0.4, 0.5) is 5.69 Å². The van der Waals surface area contributed by atoms with Crippen LogP contribution in [0, 0.1) is 11.3 Å². The van der Waals surface area contributed by atoms with Gasteiger partial charge in [0.1, 0.15) is 6.07 Å². The van der Waals surface area contributed by atoms with E-state index in [1.807, 2.05) is 24.3 Å². The maximum Gasteiger partial charge on any atom is 0.103 e. The van der Waals surface area contributed by atoms with Crippen LogP contribution < -0.4 is 4.90 Å². The third kappa shape index (κ3) is 2.57. The van der Waals surface area contributed by atoms with Crippen LogP contribution in [0.5, 0.6) is 0 Å². The van der Waals surface area contributed by atoms with E-state index in [9.17, 15) is 10.4 Å². The number of nitrogens with zero attached hydrogens (tertiary/aromatic N) is 3. The summed E-state index contributed by atoms with van der Waals surface area (Å²) in [7, 11) is 0. The largest absolute Gasteiger partial charge is 0.396 e. The van der Waals surface area contributed by atoms with Crippen LogP contribution in [0.25, 0.3) is 10.9 Å². The van der Waals surface area contributed by atoms with Gasteiger partial charge < -0.3 is 10.0 Å². The molecule has 1 aromatic heterocycles. The van der Waals surface area contributed by atoms with Crippen molar-refractivity contribution in [1.29, 1.82) is 5.26 Å². The second-order valence-electron chi connectivity index (χ2n) is 5.50. The van der Waals surface area contributed by atoms with Crippen LogP contribution >= 0.6 is 0 Å². The molecule has 1 saturated carbocycles. The lowest BCUT2D eigenvalue weighted by atomic mass is 9.90. The third-order valence-electron chi connectivity index (χ3n) is 4.23. The molecule has 1 aliphatic rings. The number of anilines is 1. The molecule has 0 spiro atoms. The Kier molecular flexibility index (Phi) is 4.03. The van der Waals surface area contributed by atoms with Crippen LogP contribution in [0.3, 0.4) is 0 Å². The molecule has 1 N–H and O–H groups in total. The van der Waals surface area contributed by atoms with Crippen LogP contribution in [0.15, 0.2) is 30.5 Å². The fraction of sp³-hybridized carbons (Fsp3) is 0.412. The molecular formula is C17H19N3O. The molecule has 0 unspecified atom stereocenters. The van der Waals surface area contributed by atoms with E-state index < -0.39 is 0 Å². The number of fused-ring (bicyclic) bond motifs is 1. The molecule has 0 radical (unpaired) electrons. The Balaban J connectivity index is 2.12. The summed E-state index contributed by atoms with van der Waals surface area (Å²) in [6.45, 7) is 0.956. The van der Waals surface area contributed by atoms with E-state index in [0.29, 0.717) is 11.6 Å². The van der Waals surface area contributed by atoms with Crippen LogP contribution in [0.1, 0.15) is 31.2 Å². The first-order chi connectivity index (χ1) is 10.3. The summed E-state index contributed by atoms with van der Waals surface area (Å²) in [6, 6.07) is 10.7. The van der Waals surface area contributed by atoms with Gasteiger partial charge in [-0.15, -0.1) is 0 Å². The van der Waals surface area contributed by atoms with Crippen molar-refractivity contribution in [1.82, 2.24) is 4.98 Å². The number of hydrogen-bond donors (Lipinski definition) is 1. The van der Waals surface area contributed by atoms with E-state index in [1.165, 1.54) is 6.42 Å². The third-order valence-corrected chi connectivity index (χ3v) is 4.23. The minimum Gasteiger partial charge on any atom is -0.396 e. The first-order valence-corrected chi connectivity index (χ1v) is 7.50. The first-order valence-electron chi connectivity index (χ1n) is 7.50. The minimum atomic E-state index is 0.175. The summed E-state index contributed by atoms with van der Waals surface area (Å²) in [6.07, 6.45) is 5.95. The molecule has 0 bridgehead atoms. The van der Waals surface area contributed by atoms with Gasteiger partial charge in [0.2, 0.25) is 0 Å². The lowest BCUT2D eigenvalue weighted by Gasteiger charge is -2.40. The summed E-state index contributed by atoms with van der Waals surface area (Å²) in [5.41, 5.74) is 2.53. The highest BCUT2D eigenvalue weighted by molar-refractivity contribution is 5.94. The molecule has 21 heavy (non-hydrogen) atoms. The van der Waals surface area contributed by atoms with Crippen LogP contribution in [0.2, 0.25) is 0 Å². The molecule has 0 atom stereocenters. The van der Waals surface area contributed by atoms with Gasteiger partial charge in [-0.2, -0.15) is 5.26 Å². The van der Waals surface area contributed by atoms with Crippen molar-refractivity contribution in [2.24, 2.45) is 0 Å². The zero-order chi connectivity index (χ0) is 14.7. The summed E-state index contributed by atoms with van der Waals surface area (Å²) >= 11 is 0. The Hall–Kier alpha value is -2.12. The van der Waals surface area contributed by atoms with Gasteiger partial charge in [-0.25, -0.2) is 0 Å². The predicted molar refractivity (Wildman–Crippen MR) is 83.1 cm³/mol. The summed E-state index contributed by atoms with van der Waals surface area (Å²) in [4.78, 5) is 6.69. The van der Waals surface area contributed by atoms with Gasteiger partial charge in [0.05, 0.1) is 16.8 Å². The van der Waals surface area contributed by atoms with Gasteiger partial charge in [-0.3, -0.25) is 4.98 Å². The molecule has 1 heterocycles. The van der Waals surface area contributed by atoms with E-state index >= 15 is 0 Å². The Morgan fingerprint density at radius 2 is 2.14 bits per heavy atom. The number of aliphatic hydroxyl groups is 1. The van der Waals surface area contributed by atoms with Crippen molar-refractivity contribution in [3.8, 4) is 6.07 Å². The van der Waals surface area contributed by atoms with E-state index in [-0.39, 0.29) is 6.61 Å². The molecule has 1 fully saturated rings. The molecule has 4 heteroatoms. The summed E-state index contributed by atoms with van der Waals surface area (Å²) in [5, 5.41) is 19.7. The Morgan fingerprint density at radius 3 is 2.81 bits per heavy atom. The standard InChI is InChI=1S/C17H19N3O/c18-11-13-12-19-16-8-2-1-7-15(16)17(13)20(9-4-10-21)14-5-3-6-14/h1-2,7-8,12,14,21H,3-6,9-10H2. The SMILES string of the molecule is N#Cc1cnc2ccccc2c1N(CCCO)C1CCC1. The number of hydrogen-bond acceptors (Lipinski definition) is 4. The summed E-state index contributed by atoms with van der Waals surface area (Å²) < 4.78 is 0. The van der Waals surface area contributed by atoms with Gasteiger partial charge in [0.15, 0.2) is 0 Å². The highest BCUT2D eigenvalue weighted by Gasteiger charge is 2.27. The Morgan fingerprint density at radius 1 is 1.33 bits per heavy atom. The number of pyridine rings is 1. The molecule has 2 aromatic rings. The number of nitriles is 1. The van der Waals surface area contributed by atoms with Gasteiger partial charge in [-0.1, -0.05) is 18.2 Å². The lowest BCUT2D eigenvalue weighted by molar-refractivity contribution is 0.283. The minimum absolute atomic E-state index is 0.175. The first kappa shape index (κ1) is 13.8. The van der Waals surface area contributed by atoms with E-state index in [0.717, 1.165) is 42.4 Å². The number of rotatable bonds is 5. The lowest BCUT2D eigenvalue weighted by Crippen LogP contribution is -2.41. The molecule has 3 rings (SSSR count). The van der Waals surface area contributed by atoms with Crippen molar-refractivity contribution in [3.63, 3.8) is 0 Å². The van der Waals surface area contributed by atoms with Crippen LogP contribution in [-0.2, 0) is 0 Å². The average Bonchev–Trinajstić information content (AvgIpc) is 2.48. The number of aliphatic hydroxyl groups excluding tert-OH is 1. The molecule has 0 saturated heterocycles. The van der Waals surface area contributed by atoms with Crippen molar-refractivity contribution >= 4 is 16.6 Å². The smallest absolute Gasteiger partial charge is 0.103 e. The maximum atomic E-state index is 9.46. The average molecular weight is 281 g/mol. The highest BCUT2D eigenvalue weighted by atomic mass is 16.3. The van der Waals surface area contributed by atoms with Crippen molar-refractivity contribution in [3.05, 3.63) is 36.0 Å². The fourth-order valence-electron chi connectivity index (χ4n) is 2.93. The highest BCUT2D eigenvalue weighted by Crippen LogP contribution is 2.35. The molecule has 108 valence electrons. The Labute approximate surface area is 124 Å². The fourth-order valence-corrected chi connectivity index (χ4v) is 2.93. The van der Waals surface area contributed by atoms with Gasteiger partial charge >= 0.3 is 0 Å². The Bertz CT molecular complexity index is 673. The topological polar surface area (TPSA) is 60.2 Å². The van der Waals surface area contributed by atoms with E-state index in [1.54, 1.807) is 6.20 Å². The zero-order valence-electron chi connectivity index (χ0n) is 12.0. The number of aromatic nitrogens is 1. The normalized spacial score (nSPS) is 14.7. The van der Waals surface area contributed by atoms with Gasteiger partial charge in [0.25, 0.3) is 0 Å². The molecule has 4 nitrogen and oxygen atoms in total. The summed E-state index contributed by atoms with van der Waals surface area (Å²) in [5.74, 6) is 0. The quantitative estimate of drug-likeness (QED) is 0.915. The van der Waals surface area contributed by atoms with Gasteiger partial charge in [0, 0.05) is 30.8 Å². The molecule has 0 aliphatic heterocycles. The second kappa shape index (κ2) is 6.11. The monoisotopic (exact) mass is 281 g/mol. The van der Waals surface area contributed by atoms with Crippen molar-refractivity contribution in [2.75, 3.05) is 18.1 Å². The predicted octanol–water partition coefficient (Wildman–Crippen LogP) is 2.85. The van der Waals surface area contributed by atoms with Crippen molar-refractivity contribution < 1.29 is 5.11 Å². The maximum absolute atomic E-state index is 9.46. The molecule has 1 aromatic carbocycles. The van der Waals surface area contributed by atoms with Crippen molar-refractivity contribution in [2.45, 2.75) is 31.7 Å². The van der Waals surface area contributed by atoms with Gasteiger partial charge in [-0.05, 0) is 31.7 Å². The molecule has 1 aliphatic carbocycles. The second-order valence-corrected chi connectivity index (χ2v) is 5.50. The van der Waals surface area contributed by atoms with E-state index in [2.05, 4.69) is 16.0 Å².